The van der Waals surface area contributed by atoms with E-state index in [4.69, 9.17) is 0 Å². The van der Waals surface area contributed by atoms with Crippen LogP contribution in [0.25, 0.3) is 0 Å². The molecule has 0 spiro atoms. The van der Waals surface area contributed by atoms with E-state index in [0.29, 0.717) is 17.9 Å². The lowest BCUT2D eigenvalue weighted by atomic mass is 9.90. The fourth-order valence-corrected chi connectivity index (χ4v) is 3.00. The monoisotopic (exact) mass is 229 g/mol. The van der Waals surface area contributed by atoms with E-state index in [1.54, 1.807) is 0 Å². The van der Waals surface area contributed by atoms with E-state index in [1.165, 1.54) is 11.5 Å². The lowest BCUT2D eigenvalue weighted by molar-refractivity contribution is -0.128. The minimum absolute atomic E-state index is 0.216. The second-order valence-electron chi connectivity index (χ2n) is 4.49. The summed E-state index contributed by atoms with van der Waals surface area (Å²) in [6.07, 6.45) is 0.743. The maximum atomic E-state index is 11.6. The lowest BCUT2D eigenvalue weighted by Crippen LogP contribution is -2.51. The zero-order chi connectivity index (χ0) is 11.4. The highest BCUT2D eigenvalue weighted by Crippen LogP contribution is 2.23. The van der Waals surface area contributed by atoms with Gasteiger partial charge in [-0.15, -0.1) is 0 Å². The highest BCUT2D eigenvalue weighted by Gasteiger charge is 2.32. The molecule has 3 heteroatoms. The molecule has 0 amide bonds. The molecule has 0 aromatic carbocycles. The summed E-state index contributed by atoms with van der Waals surface area (Å²) in [5.41, 5.74) is 0. The number of carbonyl (C=O) groups excluding carboxylic acids is 1. The van der Waals surface area contributed by atoms with E-state index in [-0.39, 0.29) is 5.92 Å². The van der Waals surface area contributed by atoms with Crippen LogP contribution in [0.3, 0.4) is 0 Å². The molecular formula is C12H23NOS. The van der Waals surface area contributed by atoms with Crippen LogP contribution in [0.2, 0.25) is 0 Å². The van der Waals surface area contributed by atoms with E-state index < -0.39 is 0 Å². The van der Waals surface area contributed by atoms with Crippen LogP contribution < -0.4 is 0 Å². The summed E-state index contributed by atoms with van der Waals surface area (Å²) in [5.74, 6) is 3.02. The van der Waals surface area contributed by atoms with Gasteiger partial charge in [0, 0.05) is 36.7 Å². The van der Waals surface area contributed by atoms with Crippen molar-refractivity contribution in [2.75, 3.05) is 18.1 Å². The molecule has 1 saturated heterocycles. The number of piperidine rings is 1. The minimum Gasteiger partial charge on any atom is -0.299 e. The zero-order valence-electron chi connectivity index (χ0n) is 10.3. The standard InChI is InChI=1S/C12H23NOS/c1-5-15-8-9(2)13-7-6-12(14)10(3)11(13)4/h9-11H,5-8H2,1-4H3. The van der Waals surface area contributed by atoms with Gasteiger partial charge in [0.2, 0.25) is 0 Å². The number of ketones is 1. The Morgan fingerprint density at radius 2 is 2.20 bits per heavy atom. The van der Waals surface area contributed by atoms with Gasteiger partial charge in [-0.25, -0.2) is 0 Å². The third-order valence-electron chi connectivity index (χ3n) is 3.50. The maximum Gasteiger partial charge on any atom is 0.138 e. The minimum atomic E-state index is 0.216. The van der Waals surface area contributed by atoms with Gasteiger partial charge in [0.15, 0.2) is 0 Å². The zero-order valence-corrected chi connectivity index (χ0v) is 11.1. The Hall–Kier alpha value is -0.0200. The van der Waals surface area contributed by atoms with Crippen molar-refractivity contribution in [2.24, 2.45) is 5.92 Å². The van der Waals surface area contributed by atoms with Crippen LogP contribution in [-0.4, -0.2) is 40.8 Å². The molecule has 0 aromatic rings. The lowest BCUT2D eigenvalue weighted by Gasteiger charge is -2.40. The van der Waals surface area contributed by atoms with Gasteiger partial charge in [-0.1, -0.05) is 13.8 Å². The van der Waals surface area contributed by atoms with Gasteiger partial charge in [0.1, 0.15) is 5.78 Å². The highest BCUT2D eigenvalue weighted by atomic mass is 32.2. The second kappa shape index (κ2) is 5.90. The SMILES string of the molecule is CCSCC(C)N1CCC(=O)C(C)C1C. The first-order chi connectivity index (χ1) is 7.07. The molecule has 1 aliphatic heterocycles. The fourth-order valence-electron chi connectivity index (χ4n) is 2.23. The van der Waals surface area contributed by atoms with Crippen molar-refractivity contribution in [3.05, 3.63) is 0 Å². The normalized spacial score (nSPS) is 30.5. The molecule has 0 aliphatic carbocycles. The largest absolute Gasteiger partial charge is 0.299 e. The summed E-state index contributed by atoms with van der Waals surface area (Å²) in [4.78, 5) is 14.0. The predicted molar refractivity (Wildman–Crippen MR) is 67.4 cm³/mol. The van der Waals surface area contributed by atoms with Crippen molar-refractivity contribution in [3.63, 3.8) is 0 Å². The first kappa shape index (κ1) is 13.0. The Morgan fingerprint density at radius 1 is 1.53 bits per heavy atom. The van der Waals surface area contributed by atoms with E-state index in [9.17, 15) is 4.79 Å². The number of thioether (sulfide) groups is 1. The molecule has 1 heterocycles. The summed E-state index contributed by atoms with van der Waals surface area (Å²) in [7, 11) is 0. The number of hydrogen-bond donors (Lipinski definition) is 0. The van der Waals surface area contributed by atoms with Crippen molar-refractivity contribution in [2.45, 2.75) is 46.2 Å². The predicted octanol–water partition coefficient (Wildman–Crippen LogP) is 2.43. The summed E-state index contributed by atoms with van der Waals surface area (Å²) in [5, 5.41) is 0. The number of carbonyl (C=O) groups is 1. The van der Waals surface area contributed by atoms with Crippen molar-refractivity contribution in [1.82, 2.24) is 4.90 Å². The number of nitrogens with zero attached hydrogens (tertiary/aromatic N) is 1. The van der Waals surface area contributed by atoms with Crippen molar-refractivity contribution >= 4 is 17.5 Å². The van der Waals surface area contributed by atoms with E-state index in [1.807, 2.05) is 11.8 Å². The third-order valence-corrected chi connectivity index (χ3v) is 4.63. The first-order valence-corrected chi connectivity index (χ1v) is 7.09. The van der Waals surface area contributed by atoms with Crippen LogP contribution in [-0.2, 0) is 4.79 Å². The Balaban J connectivity index is 2.51. The molecule has 88 valence electrons. The molecule has 0 saturated carbocycles. The third kappa shape index (κ3) is 3.22. The smallest absolute Gasteiger partial charge is 0.138 e. The van der Waals surface area contributed by atoms with E-state index in [2.05, 4.69) is 32.6 Å². The van der Waals surface area contributed by atoms with Crippen molar-refractivity contribution < 1.29 is 4.79 Å². The Kier molecular flexibility index (Phi) is 5.13. The van der Waals surface area contributed by atoms with Crippen LogP contribution >= 0.6 is 11.8 Å². The fraction of sp³-hybridized carbons (Fsp3) is 0.917. The van der Waals surface area contributed by atoms with E-state index in [0.717, 1.165) is 13.0 Å². The Morgan fingerprint density at radius 3 is 2.80 bits per heavy atom. The van der Waals surface area contributed by atoms with Crippen LogP contribution in [0.5, 0.6) is 0 Å². The number of likely N-dealkylation sites (tertiary alicyclic amines) is 1. The molecule has 1 aliphatic rings. The Labute approximate surface area is 97.8 Å². The van der Waals surface area contributed by atoms with Gasteiger partial charge in [-0.2, -0.15) is 11.8 Å². The topological polar surface area (TPSA) is 20.3 Å². The molecular weight excluding hydrogens is 206 g/mol. The number of rotatable bonds is 4. The summed E-state index contributed by atoms with van der Waals surface area (Å²) in [6, 6.07) is 1.01. The highest BCUT2D eigenvalue weighted by molar-refractivity contribution is 7.99. The molecule has 1 rings (SSSR count). The van der Waals surface area contributed by atoms with Gasteiger partial charge < -0.3 is 0 Å². The number of Topliss-reactive ketones (excluding diaryl/α,β-unsaturated/α-hetero) is 1. The van der Waals surface area contributed by atoms with Gasteiger partial charge >= 0.3 is 0 Å². The van der Waals surface area contributed by atoms with Crippen molar-refractivity contribution in [3.8, 4) is 0 Å². The van der Waals surface area contributed by atoms with Crippen molar-refractivity contribution in [1.29, 1.82) is 0 Å². The average Bonchev–Trinajstić information content (AvgIpc) is 2.23. The summed E-state index contributed by atoms with van der Waals surface area (Å²) >= 11 is 1.99. The van der Waals surface area contributed by atoms with Crippen LogP contribution in [0.4, 0.5) is 0 Å². The first-order valence-electron chi connectivity index (χ1n) is 5.94. The van der Waals surface area contributed by atoms with Gasteiger partial charge in [0.25, 0.3) is 0 Å². The molecule has 1 fully saturated rings. The van der Waals surface area contributed by atoms with Gasteiger partial charge in [-0.05, 0) is 19.6 Å². The molecule has 3 unspecified atom stereocenters. The quantitative estimate of drug-likeness (QED) is 0.738. The molecule has 0 N–H and O–H groups in total. The summed E-state index contributed by atoms with van der Waals surface area (Å²) in [6.45, 7) is 9.69. The molecule has 2 nitrogen and oxygen atoms in total. The van der Waals surface area contributed by atoms with Crippen LogP contribution in [0.1, 0.15) is 34.1 Å². The van der Waals surface area contributed by atoms with E-state index >= 15 is 0 Å². The number of hydrogen-bond acceptors (Lipinski definition) is 3. The second-order valence-corrected chi connectivity index (χ2v) is 5.81. The molecule has 3 atom stereocenters. The van der Waals surface area contributed by atoms with Gasteiger partial charge in [0.05, 0.1) is 0 Å². The van der Waals surface area contributed by atoms with Crippen LogP contribution in [0, 0.1) is 5.92 Å². The Bertz CT molecular complexity index is 220. The molecule has 0 radical (unpaired) electrons. The van der Waals surface area contributed by atoms with Crippen LogP contribution in [0.15, 0.2) is 0 Å². The summed E-state index contributed by atoms with van der Waals surface area (Å²) < 4.78 is 0. The average molecular weight is 229 g/mol. The van der Waals surface area contributed by atoms with Gasteiger partial charge in [-0.3, -0.25) is 9.69 Å². The molecule has 0 bridgehead atoms. The molecule has 15 heavy (non-hydrogen) atoms. The molecule has 0 aromatic heterocycles. The maximum absolute atomic E-state index is 11.6.